The van der Waals surface area contributed by atoms with Crippen LogP contribution in [-0.4, -0.2) is 29.0 Å². The van der Waals surface area contributed by atoms with Gasteiger partial charge >= 0.3 is 0 Å². The molecule has 1 unspecified atom stereocenters. The first kappa shape index (κ1) is 20.6. The summed E-state index contributed by atoms with van der Waals surface area (Å²) in [7, 11) is 0. The van der Waals surface area contributed by atoms with E-state index in [1.165, 1.54) is 70.6 Å². The van der Waals surface area contributed by atoms with Crippen LogP contribution in [0.4, 0.5) is 0 Å². The van der Waals surface area contributed by atoms with Crippen molar-refractivity contribution in [2.45, 2.75) is 96.1 Å². The number of hydrogen-bond acceptors (Lipinski definition) is 3. The molecule has 3 heteroatoms. The molecule has 0 aromatic carbocycles. The summed E-state index contributed by atoms with van der Waals surface area (Å²) in [6.45, 7) is 2.08. The van der Waals surface area contributed by atoms with Gasteiger partial charge in [0.15, 0.2) is 0 Å². The molecule has 3 nitrogen and oxygen atoms in total. The first-order valence-electron chi connectivity index (χ1n) is 8.93. The highest BCUT2D eigenvalue weighted by molar-refractivity contribution is 4.93. The lowest BCUT2D eigenvalue weighted by atomic mass is 10.0. The second-order valence-corrected chi connectivity index (χ2v) is 6.09. The van der Waals surface area contributed by atoms with E-state index < -0.39 is 12.1 Å². The highest BCUT2D eigenvalue weighted by Gasteiger charge is 2.08. The average Bonchev–Trinajstić information content (AvgIpc) is 2.50. The second-order valence-electron chi connectivity index (χ2n) is 6.09. The molecule has 0 spiro atoms. The molecule has 2 atom stereocenters. The van der Waals surface area contributed by atoms with Crippen LogP contribution in [0.2, 0.25) is 0 Å². The lowest BCUT2D eigenvalue weighted by Gasteiger charge is -2.11. The number of aliphatic hydroxyl groups excluding tert-OH is 2. The van der Waals surface area contributed by atoms with Crippen molar-refractivity contribution in [1.82, 2.24) is 0 Å². The Morgan fingerprint density at radius 1 is 0.857 bits per heavy atom. The van der Waals surface area contributed by atoms with Gasteiger partial charge in [-0.1, -0.05) is 83.3 Å². The van der Waals surface area contributed by atoms with Crippen molar-refractivity contribution in [3.05, 3.63) is 12.2 Å². The summed E-state index contributed by atoms with van der Waals surface area (Å²) in [6.07, 6.45) is 18.8. The van der Waals surface area contributed by atoms with Gasteiger partial charge in [-0.25, -0.2) is 0 Å². The Hall–Kier alpha value is -0.380. The van der Waals surface area contributed by atoms with Crippen LogP contribution in [0.5, 0.6) is 0 Å². The number of rotatable bonds is 15. The van der Waals surface area contributed by atoms with Gasteiger partial charge in [-0.15, -0.1) is 0 Å². The van der Waals surface area contributed by atoms with Gasteiger partial charge in [-0.05, 0) is 12.8 Å². The second kappa shape index (κ2) is 16.0. The summed E-state index contributed by atoms with van der Waals surface area (Å²) in [5, 5.41) is 18.3. The molecule has 21 heavy (non-hydrogen) atoms. The average molecular weight is 299 g/mol. The molecule has 0 aliphatic rings. The van der Waals surface area contributed by atoms with E-state index in [4.69, 9.17) is 10.8 Å². The highest BCUT2D eigenvalue weighted by atomic mass is 16.3. The summed E-state index contributed by atoms with van der Waals surface area (Å²) >= 11 is 0. The zero-order valence-electron chi connectivity index (χ0n) is 14.0. The van der Waals surface area contributed by atoms with E-state index in [-0.39, 0.29) is 6.61 Å². The summed E-state index contributed by atoms with van der Waals surface area (Å²) in [5.41, 5.74) is 5.51. The molecule has 0 amide bonds. The Kier molecular flexibility index (Phi) is 15.7. The van der Waals surface area contributed by atoms with Gasteiger partial charge in [-0.3, -0.25) is 0 Å². The summed E-state index contributed by atoms with van der Waals surface area (Å²) < 4.78 is 0. The van der Waals surface area contributed by atoms with E-state index in [0.717, 1.165) is 6.42 Å². The summed E-state index contributed by atoms with van der Waals surface area (Å²) in [5.74, 6) is 0. The predicted octanol–water partition coefficient (Wildman–Crippen LogP) is 3.92. The van der Waals surface area contributed by atoms with Gasteiger partial charge in [-0.2, -0.15) is 0 Å². The van der Waals surface area contributed by atoms with Gasteiger partial charge in [0.2, 0.25) is 0 Å². The maximum atomic E-state index is 9.52. The fourth-order valence-corrected chi connectivity index (χ4v) is 2.41. The minimum atomic E-state index is -0.720. The van der Waals surface area contributed by atoms with Gasteiger partial charge < -0.3 is 15.9 Å². The number of unbranched alkanes of at least 4 members (excludes halogenated alkanes) is 11. The molecular formula is C18H37NO2. The third-order valence-electron chi connectivity index (χ3n) is 3.96. The Morgan fingerprint density at radius 3 is 1.81 bits per heavy atom. The molecule has 0 heterocycles. The third kappa shape index (κ3) is 14.3. The fraction of sp³-hybridized carbons (Fsp3) is 0.889. The molecule has 0 aliphatic carbocycles. The van der Waals surface area contributed by atoms with Gasteiger partial charge in [0.25, 0.3) is 0 Å². The molecule has 4 N–H and O–H groups in total. The van der Waals surface area contributed by atoms with E-state index >= 15 is 0 Å². The van der Waals surface area contributed by atoms with E-state index in [9.17, 15) is 5.11 Å². The minimum absolute atomic E-state index is 0.177. The SMILES string of the molecule is CCCCCCCCCCCCCC=CC(O)[C@@H](N)CO. The molecule has 0 aromatic heterocycles. The molecule has 0 aromatic rings. The summed E-state index contributed by atoms with van der Waals surface area (Å²) in [4.78, 5) is 0. The quantitative estimate of drug-likeness (QED) is 0.317. The van der Waals surface area contributed by atoms with Crippen molar-refractivity contribution >= 4 is 0 Å². The first-order chi connectivity index (χ1) is 10.2. The minimum Gasteiger partial charge on any atom is -0.395 e. The summed E-state index contributed by atoms with van der Waals surface area (Å²) in [6, 6.07) is -0.557. The number of aliphatic hydroxyl groups is 2. The van der Waals surface area contributed by atoms with Crippen LogP contribution in [0.3, 0.4) is 0 Å². The molecule has 0 rings (SSSR count). The van der Waals surface area contributed by atoms with Crippen LogP contribution in [0, 0.1) is 0 Å². The number of nitrogens with two attached hydrogens (primary N) is 1. The monoisotopic (exact) mass is 299 g/mol. The Labute approximate surface area is 131 Å². The molecule has 126 valence electrons. The van der Waals surface area contributed by atoms with Gasteiger partial charge in [0.1, 0.15) is 0 Å². The van der Waals surface area contributed by atoms with E-state index in [2.05, 4.69) is 6.92 Å². The van der Waals surface area contributed by atoms with Crippen molar-refractivity contribution < 1.29 is 10.2 Å². The topological polar surface area (TPSA) is 66.5 Å². The molecular weight excluding hydrogens is 262 g/mol. The van der Waals surface area contributed by atoms with Crippen molar-refractivity contribution in [3.8, 4) is 0 Å². The lowest BCUT2D eigenvalue weighted by Crippen LogP contribution is -2.36. The first-order valence-corrected chi connectivity index (χ1v) is 8.93. The van der Waals surface area contributed by atoms with Crippen LogP contribution < -0.4 is 5.73 Å². The molecule has 0 fully saturated rings. The van der Waals surface area contributed by atoms with Gasteiger partial charge in [0.05, 0.1) is 18.8 Å². The third-order valence-corrected chi connectivity index (χ3v) is 3.96. The van der Waals surface area contributed by atoms with Crippen LogP contribution >= 0.6 is 0 Å². The van der Waals surface area contributed by atoms with E-state index in [1.54, 1.807) is 6.08 Å². The van der Waals surface area contributed by atoms with Crippen molar-refractivity contribution in [1.29, 1.82) is 0 Å². The van der Waals surface area contributed by atoms with Crippen molar-refractivity contribution in [2.24, 2.45) is 5.73 Å². The van der Waals surface area contributed by atoms with Crippen molar-refractivity contribution in [3.63, 3.8) is 0 Å². The van der Waals surface area contributed by atoms with Crippen LogP contribution in [0.15, 0.2) is 12.2 Å². The zero-order chi connectivity index (χ0) is 15.8. The van der Waals surface area contributed by atoms with E-state index in [0.29, 0.717) is 0 Å². The standard InChI is InChI=1S/C18H37NO2/c1-2-3-4-5-6-7-8-9-10-11-12-13-14-15-18(21)17(19)16-20/h14-15,17-18,20-21H,2-13,16,19H2,1H3/t17-,18?/m0/s1. The number of allylic oxidation sites excluding steroid dienone is 1. The smallest absolute Gasteiger partial charge is 0.0894 e. The molecule has 0 saturated heterocycles. The lowest BCUT2D eigenvalue weighted by molar-refractivity contribution is 0.144. The molecule has 0 saturated carbocycles. The molecule has 0 aliphatic heterocycles. The Balaban J connectivity index is 3.20. The fourth-order valence-electron chi connectivity index (χ4n) is 2.41. The Morgan fingerprint density at radius 2 is 1.33 bits per heavy atom. The normalized spacial score (nSPS) is 14.7. The highest BCUT2D eigenvalue weighted by Crippen LogP contribution is 2.12. The van der Waals surface area contributed by atoms with Crippen molar-refractivity contribution in [2.75, 3.05) is 6.61 Å². The predicted molar refractivity (Wildman–Crippen MR) is 91.3 cm³/mol. The van der Waals surface area contributed by atoms with Gasteiger partial charge in [0, 0.05) is 0 Å². The van der Waals surface area contributed by atoms with Crippen LogP contribution in [0.25, 0.3) is 0 Å². The Bertz CT molecular complexity index is 231. The van der Waals surface area contributed by atoms with Crippen LogP contribution in [-0.2, 0) is 0 Å². The van der Waals surface area contributed by atoms with Crippen LogP contribution in [0.1, 0.15) is 84.0 Å². The van der Waals surface area contributed by atoms with E-state index in [1.807, 2.05) is 6.08 Å². The zero-order valence-corrected chi connectivity index (χ0v) is 14.0. The maximum Gasteiger partial charge on any atom is 0.0894 e. The largest absolute Gasteiger partial charge is 0.395 e. The number of hydrogen-bond donors (Lipinski definition) is 3. The molecule has 0 bridgehead atoms. The maximum absolute atomic E-state index is 9.52. The molecule has 0 radical (unpaired) electrons.